The zero-order valence-corrected chi connectivity index (χ0v) is 15.0. The first-order valence-electron chi connectivity index (χ1n) is 8.23. The first-order valence-corrected chi connectivity index (χ1v) is 8.23. The van der Waals surface area contributed by atoms with E-state index in [1.54, 1.807) is 24.3 Å². The molecule has 1 amide bonds. The Balaban J connectivity index is 2.07. The van der Waals surface area contributed by atoms with Gasteiger partial charge in [0.25, 0.3) is 0 Å². The van der Waals surface area contributed by atoms with Crippen molar-refractivity contribution in [1.29, 1.82) is 0 Å². The van der Waals surface area contributed by atoms with Crippen LogP contribution in [0.4, 0.5) is 18.9 Å². The van der Waals surface area contributed by atoms with Gasteiger partial charge >= 0.3 is 12.1 Å². The maximum absolute atomic E-state index is 13.0. The van der Waals surface area contributed by atoms with Gasteiger partial charge in [0.2, 0.25) is 5.91 Å². The van der Waals surface area contributed by atoms with Crippen LogP contribution < -0.4 is 15.0 Å². The van der Waals surface area contributed by atoms with Crippen LogP contribution in [-0.4, -0.2) is 37.2 Å². The van der Waals surface area contributed by atoms with Crippen molar-refractivity contribution >= 4 is 17.6 Å². The van der Waals surface area contributed by atoms with Crippen molar-refractivity contribution in [1.82, 2.24) is 5.32 Å². The van der Waals surface area contributed by atoms with Gasteiger partial charge in [-0.05, 0) is 35.9 Å². The smallest absolute Gasteiger partial charge is 0.416 e. The highest BCUT2D eigenvalue weighted by atomic mass is 19.4. The van der Waals surface area contributed by atoms with E-state index in [1.807, 2.05) is 0 Å². The summed E-state index contributed by atoms with van der Waals surface area (Å²) in [5, 5.41) is 11.5. The Morgan fingerprint density at radius 3 is 2.29 bits per heavy atom. The quantitative estimate of drug-likeness (QED) is 0.717. The third-order valence-electron chi connectivity index (χ3n) is 3.90. The average molecular weight is 396 g/mol. The van der Waals surface area contributed by atoms with E-state index in [-0.39, 0.29) is 18.7 Å². The number of rotatable bonds is 8. The summed E-state index contributed by atoms with van der Waals surface area (Å²) in [6.07, 6.45) is -4.53. The first kappa shape index (κ1) is 21.1. The lowest BCUT2D eigenvalue weighted by Gasteiger charge is -2.22. The van der Waals surface area contributed by atoms with Gasteiger partial charge in [-0.25, -0.2) is 0 Å². The van der Waals surface area contributed by atoms with Crippen molar-refractivity contribution in [2.45, 2.75) is 12.7 Å². The number of methoxy groups -OCH3 is 1. The molecule has 2 aromatic carbocycles. The normalized spacial score (nSPS) is 11.0. The van der Waals surface area contributed by atoms with E-state index in [0.717, 1.165) is 6.07 Å². The summed E-state index contributed by atoms with van der Waals surface area (Å²) in [7, 11) is 1.48. The van der Waals surface area contributed by atoms with Crippen molar-refractivity contribution in [2.24, 2.45) is 0 Å². The van der Waals surface area contributed by atoms with Crippen LogP contribution in [0.25, 0.3) is 0 Å². The number of carboxylic acids is 1. The minimum Gasteiger partial charge on any atom is -0.497 e. The second kappa shape index (κ2) is 9.12. The molecule has 150 valence electrons. The van der Waals surface area contributed by atoms with Crippen molar-refractivity contribution in [3.05, 3.63) is 59.7 Å². The number of nitrogens with one attached hydrogen (secondary N) is 1. The summed E-state index contributed by atoms with van der Waals surface area (Å²) in [6.45, 7) is -1.09. The van der Waals surface area contributed by atoms with Crippen LogP contribution in [0.5, 0.6) is 5.75 Å². The van der Waals surface area contributed by atoms with Gasteiger partial charge in [-0.2, -0.15) is 13.2 Å². The molecule has 0 aromatic heterocycles. The number of nitrogens with zero attached hydrogens (tertiary/aromatic N) is 1. The lowest BCUT2D eigenvalue weighted by molar-refractivity contribution is -0.138. The maximum atomic E-state index is 13.0. The summed E-state index contributed by atoms with van der Waals surface area (Å²) >= 11 is 0. The van der Waals surface area contributed by atoms with Gasteiger partial charge in [0.1, 0.15) is 12.3 Å². The summed E-state index contributed by atoms with van der Waals surface area (Å²) < 4.78 is 44.1. The molecule has 0 radical (unpaired) electrons. The molecule has 0 spiro atoms. The molecule has 0 saturated carbocycles. The highest BCUT2D eigenvalue weighted by molar-refractivity contribution is 5.84. The lowest BCUT2D eigenvalue weighted by Crippen LogP contribution is -2.39. The number of anilines is 1. The molecule has 2 aromatic rings. The number of hydrogen-bond donors (Lipinski definition) is 2. The zero-order chi connectivity index (χ0) is 20.7. The molecular weight excluding hydrogens is 377 g/mol. The highest BCUT2D eigenvalue weighted by Crippen LogP contribution is 2.31. The highest BCUT2D eigenvalue weighted by Gasteiger charge is 2.32. The fraction of sp³-hybridized carbons (Fsp3) is 0.263. The van der Waals surface area contributed by atoms with E-state index in [2.05, 4.69) is 5.32 Å². The van der Waals surface area contributed by atoms with Gasteiger partial charge in [0.15, 0.2) is 0 Å². The Kier molecular flexibility index (Phi) is 6.86. The van der Waals surface area contributed by atoms with E-state index in [4.69, 9.17) is 9.84 Å². The van der Waals surface area contributed by atoms with E-state index in [9.17, 15) is 22.8 Å². The molecule has 2 N–H and O–H groups in total. The molecule has 28 heavy (non-hydrogen) atoms. The SMILES string of the molecule is COc1ccc(N(CC(=O)O)CC(=O)NCc2ccccc2C(F)(F)F)cc1. The van der Waals surface area contributed by atoms with E-state index < -0.39 is 30.2 Å². The molecule has 0 fully saturated rings. The number of ether oxygens (including phenoxy) is 1. The van der Waals surface area contributed by atoms with E-state index >= 15 is 0 Å². The molecule has 0 heterocycles. The zero-order valence-electron chi connectivity index (χ0n) is 15.0. The first-order chi connectivity index (χ1) is 13.2. The minimum atomic E-state index is -4.53. The van der Waals surface area contributed by atoms with Crippen molar-refractivity contribution in [3.8, 4) is 5.75 Å². The molecular formula is C19H19F3N2O4. The lowest BCUT2D eigenvalue weighted by atomic mass is 10.1. The molecule has 0 aliphatic heterocycles. The van der Waals surface area contributed by atoms with Crippen LogP contribution in [0.2, 0.25) is 0 Å². The van der Waals surface area contributed by atoms with Crippen molar-refractivity contribution < 1.29 is 32.6 Å². The Bertz CT molecular complexity index is 823. The van der Waals surface area contributed by atoms with Gasteiger partial charge in [0.05, 0.1) is 19.2 Å². The number of aliphatic carboxylic acids is 1. The van der Waals surface area contributed by atoms with Gasteiger partial charge in [0, 0.05) is 12.2 Å². The Hall–Kier alpha value is -3.23. The van der Waals surface area contributed by atoms with Gasteiger partial charge in [-0.3, -0.25) is 9.59 Å². The standard InChI is InChI=1S/C19H19F3N2O4/c1-28-15-8-6-14(7-9-15)24(12-18(26)27)11-17(25)23-10-13-4-2-3-5-16(13)19(20,21)22/h2-9H,10-12H2,1H3,(H,23,25)(H,26,27). The number of carbonyl (C=O) groups excluding carboxylic acids is 1. The molecule has 6 nitrogen and oxygen atoms in total. The summed E-state index contributed by atoms with van der Waals surface area (Å²) in [6, 6.07) is 11.3. The number of benzene rings is 2. The number of carbonyl (C=O) groups is 2. The average Bonchev–Trinajstić information content (AvgIpc) is 2.65. The number of alkyl halides is 3. The topological polar surface area (TPSA) is 78.9 Å². The van der Waals surface area contributed by atoms with Crippen LogP contribution in [-0.2, 0) is 22.3 Å². The van der Waals surface area contributed by atoms with Crippen molar-refractivity contribution in [3.63, 3.8) is 0 Å². The van der Waals surface area contributed by atoms with Crippen LogP contribution in [0.3, 0.4) is 0 Å². The van der Waals surface area contributed by atoms with Crippen LogP contribution in [0.1, 0.15) is 11.1 Å². The van der Waals surface area contributed by atoms with E-state index in [0.29, 0.717) is 11.4 Å². The molecule has 0 aliphatic carbocycles. The van der Waals surface area contributed by atoms with Crippen LogP contribution >= 0.6 is 0 Å². The monoisotopic (exact) mass is 396 g/mol. The predicted molar refractivity (Wildman–Crippen MR) is 96.1 cm³/mol. The molecule has 9 heteroatoms. The Morgan fingerprint density at radius 1 is 1.07 bits per heavy atom. The van der Waals surface area contributed by atoms with Gasteiger partial charge in [-0.1, -0.05) is 18.2 Å². The third-order valence-corrected chi connectivity index (χ3v) is 3.90. The van der Waals surface area contributed by atoms with Crippen LogP contribution in [0.15, 0.2) is 48.5 Å². The predicted octanol–water partition coefficient (Wildman–Crippen LogP) is 2.92. The fourth-order valence-electron chi connectivity index (χ4n) is 2.57. The molecule has 2 rings (SSSR count). The number of carboxylic acid groups (broad SMARTS) is 1. The minimum absolute atomic E-state index is 0.0717. The fourth-order valence-corrected chi connectivity index (χ4v) is 2.57. The van der Waals surface area contributed by atoms with Crippen molar-refractivity contribution in [2.75, 3.05) is 25.1 Å². The summed E-state index contributed by atoms with van der Waals surface area (Å²) in [5.41, 5.74) is -0.431. The molecule has 0 bridgehead atoms. The largest absolute Gasteiger partial charge is 0.497 e. The maximum Gasteiger partial charge on any atom is 0.416 e. The summed E-state index contributed by atoms with van der Waals surface area (Å²) in [5.74, 6) is -1.19. The Morgan fingerprint density at radius 2 is 1.71 bits per heavy atom. The van der Waals surface area contributed by atoms with Gasteiger partial charge < -0.3 is 20.1 Å². The number of hydrogen-bond acceptors (Lipinski definition) is 4. The molecule has 0 saturated heterocycles. The number of amides is 1. The molecule has 0 unspecified atom stereocenters. The summed E-state index contributed by atoms with van der Waals surface area (Å²) in [4.78, 5) is 24.6. The third kappa shape index (κ3) is 5.90. The second-order valence-corrected chi connectivity index (χ2v) is 5.88. The molecule has 0 aliphatic rings. The number of halogens is 3. The second-order valence-electron chi connectivity index (χ2n) is 5.88. The van der Waals surface area contributed by atoms with E-state index in [1.165, 1.54) is 30.2 Å². The van der Waals surface area contributed by atoms with Gasteiger partial charge in [-0.15, -0.1) is 0 Å². The Labute approximate surface area is 159 Å². The molecule has 0 atom stereocenters. The van der Waals surface area contributed by atoms with Crippen LogP contribution in [0, 0.1) is 0 Å².